The molecule has 0 fully saturated rings. The van der Waals surface area contributed by atoms with Crippen molar-refractivity contribution < 1.29 is 25.9 Å². The maximum absolute atomic E-state index is 13.1. The lowest BCUT2D eigenvalue weighted by molar-refractivity contribution is -0.0597. The van der Waals surface area contributed by atoms with Crippen molar-refractivity contribution in [2.45, 2.75) is 24.9 Å². The third-order valence-electron chi connectivity index (χ3n) is 3.13. The molecule has 0 heterocycles. The number of alkyl halides is 3. The van der Waals surface area contributed by atoms with E-state index >= 15 is 0 Å². The molecule has 0 atom stereocenters. The molecule has 0 N–H and O–H groups in total. The molecule has 2 aromatic carbocycles. The molecule has 0 aliphatic rings. The summed E-state index contributed by atoms with van der Waals surface area (Å²) in [5.74, 6) is 0. The van der Waals surface area contributed by atoms with Gasteiger partial charge >= 0.3 is 16.3 Å². The summed E-state index contributed by atoms with van der Waals surface area (Å²) >= 11 is 0. The molecular formula is C16H14F3NO3S. The van der Waals surface area contributed by atoms with E-state index in [1.165, 1.54) is 48.5 Å². The fraction of sp³-hybridized carbons (Fsp3) is 0.188. The van der Waals surface area contributed by atoms with Crippen molar-refractivity contribution in [3.05, 3.63) is 65.2 Å². The summed E-state index contributed by atoms with van der Waals surface area (Å²) in [6.07, 6.45) is -4.86. The summed E-state index contributed by atoms with van der Waals surface area (Å²) in [4.78, 5) is -0.276. The first-order valence-corrected chi connectivity index (χ1v) is 8.23. The van der Waals surface area contributed by atoms with Gasteiger partial charge < -0.3 is 0 Å². The fourth-order valence-electron chi connectivity index (χ4n) is 1.81. The first-order valence-electron chi connectivity index (χ1n) is 6.82. The SMILES string of the molecule is Cc1ccc(/C(=N\OS(=O)(=O)c2ccc(C)cc2)C(F)(F)F)cc1. The lowest BCUT2D eigenvalue weighted by Crippen LogP contribution is -2.25. The van der Waals surface area contributed by atoms with E-state index < -0.39 is 22.0 Å². The minimum Gasteiger partial charge on any atom is -0.264 e. The van der Waals surface area contributed by atoms with Crippen molar-refractivity contribution in [1.29, 1.82) is 0 Å². The van der Waals surface area contributed by atoms with Crippen LogP contribution in [-0.2, 0) is 14.4 Å². The van der Waals surface area contributed by atoms with Crippen LogP contribution in [0.15, 0.2) is 58.6 Å². The summed E-state index contributed by atoms with van der Waals surface area (Å²) in [7, 11) is -4.44. The predicted molar refractivity (Wildman–Crippen MR) is 83.2 cm³/mol. The second-order valence-electron chi connectivity index (χ2n) is 5.15. The Labute approximate surface area is 137 Å². The molecule has 0 bridgehead atoms. The summed E-state index contributed by atoms with van der Waals surface area (Å²) in [6, 6.07) is 10.8. The van der Waals surface area contributed by atoms with Gasteiger partial charge in [-0.1, -0.05) is 52.7 Å². The summed E-state index contributed by atoms with van der Waals surface area (Å²) in [6.45, 7) is 3.46. The van der Waals surface area contributed by atoms with Crippen molar-refractivity contribution in [3.63, 3.8) is 0 Å². The molecule has 128 valence electrons. The van der Waals surface area contributed by atoms with Gasteiger partial charge in [0.2, 0.25) is 0 Å². The van der Waals surface area contributed by atoms with Gasteiger partial charge in [-0.05, 0) is 26.0 Å². The van der Waals surface area contributed by atoms with Crippen LogP contribution in [-0.4, -0.2) is 20.3 Å². The van der Waals surface area contributed by atoms with E-state index in [1.54, 1.807) is 13.8 Å². The van der Waals surface area contributed by atoms with Gasteiger partial charge in [0.1, 0.15) is 4.90 Å². The lowest BCUT2D eigenvalue weighted by Gasteiger charge is -2.10. The van der Waals surface area contributed by atoms with Crippen LogP contribution in [0.4, 0.5) is 13.2 Å². The molecule has 0 radical (unpaired) electrons. The van der Waals surface area contributed by atoms with E-state index in [9.17, 15) is 21.6 Å². The van der Waals surface area contributed by atoms with Crippen LogP contribution < -0.4 is 0 Å². The third kappa shape index (κ3) is 4.35. The topological polar surface area (TPSA) is 55.7 Å². The summed E-state index contributed by atoms with van der Waals surface area (Å²) in [5, 5.41) is 2.87. The Balaban J connectivity index is 2.37. The van der Waals surface area contributed by atoms with E-state index in [4.69, 9.17) is 0 Å². The molecule has 0 aliphatic heterocycles. The number of hydrogen-bond acceptors (Lipinski definition) is 4. The highest BCUT2D eigenvalue weighted by Gasteiger charge is 2.38. The highest BCUT2D eigenvalue weighted by atomic mass is 32.2. The Hall–Kier alpha value is -2.35. The molecule has 0 saturated heterocycles. The Bertz CT molecular complexity index is 840. The Morgan fingerprint density at radius 1 is 0.917 bits per heavy atom. The van der Waals surface area contributed by atoms with Gasteiger partial charge in [-0.3, -0.25) is 4.28 Å². The molecule has 0 spiro atoms. The predicted octanol–water partition coefficient (Wildman–Crippen LogP) is 3.98. The number of halogens is 3. The normalized spacial score (nSPS) is 13.0. The molecule has 4 nitrogen and oxygen atoms in total. The lowest BCUT2D eigenvalue weighted by atomic mass is 10.1. The zero-order valence-electron chi connectivity index (χ0n) is 12.8. The first kappa shape index (κ1) is 18.0. The second kappa shape index (κ2) is 6.64. The number of nitrogens with zero attached hydrogens (tertiary/aromatic N) is 1. The molecular weight excluding hydrogens is 343 g/mol. The van der Waals surface area contributed by atoms with Gasteiger partial charge in [0, 0.05) is 5.56 Å². The standard InChI is InChI=1S/C16H14F3NO3S/c1-11-3-7-13(8-4-11)15(16(17,18)19)20-23-24(21,22)14-9-5-12(2)6-10-14/h3-10H,1-2H3/b20-15+. The monoisotopic (exact) mass is 357 g/mol. The molecule has 24 heavy (non-hydrogen) atoms. The van der Waals surface area contributed by atoms with Crippen LogP contribution in [0.25, 0.3) is 0 Å². The average molecular weight is 357 g/mol. The highest BCUT2D eigenvalue weighted by molar-refractivity contribution is 7.86. The van der Waals surface area contributed by atoms with Gasteiger partial charge in [-0.25, -0.2) is 0 Å². The molecule has 8 heteroatoms. The zero-order chi connectivity index (χ0) is 18.0. The van der Waals surface area contributed by atoms with Crippen LogP contribution in [0.1, 0.15) is 16.7 Å². The van der Waals surface area contributed by atoms with E-state index in [0.717, 1.165) is 11.1 Å². The van der Waals surface area contributed by atoms with E-state index in [1.807, 2.05) is 0 Å². The highest BCUT2D eigenvalue weighted by Crippen LogP contribution is 2.24. The molecule has 0 saturated carbocycles. The largest absolute Gasteiger partial charge is 0.437 e. The van der Waals surface area contributed by atoms with Crippen LogP contribution in [0.5, 0.6) is 0 Å². The second-order valence-corrected chi connectivity index (χ2v) is 6.67. The number of rotatable bonds is 4. The minimum absolute atomic E-state index is 0.276. The maximum atomic E-state index is 13.1. The van der Waals surface area contributed by atoms with Gasteiger partial charge in [0.05, 0.1) is 0 Å². The fourth-order valence-corrected chi connectivity index (χ4v) is 2.54. The molecule has 2 rings (SSSR count). The van der Waals surface area contributed by atoms with Crippen molar-refractivity contribution in [1.82, 2.24) is 0 Å². The summed E-state index contributed by atoms with van der Waals surface area (Å²) < 4.78 is 67.6. The van der Waals surface area contributed by atoms with Crippen molar-refractivity contribution in [3.8, 4) is 0 Å². The molecule has 0 aliphatic carbocycles. The average Bonchev–Trinajstić information content (AvgIpc) is 2.48. The van der Waals surface area contributed by atoms with Crippen LogP contribution >= 0.6 is 0 Å². The summed E-state index contributed by atoms with van der Waals surface area (Å²) in [5.41, 5.74) is -0.146. The van der Waals surface area contributed by atoms with Crippen molar-refractivity contribution >= 4 is 15.8 Å². The number of oxime groups is 1. The van der Waals surface area contributed by atoms with Crippen LogP contribution in [0.2, 0.25) is 0 Å². The van der Waals surface area contributed by atoms with E-state index in [-0.39, 0.29) is 10.5 Å². The van der Waals surface area contributed by atoms with Gasteiger partial charge in [-0.2, -0.15) is 21.6 Å². The van der Waals surface area contributed by atoms with Crippen LogP contribution in [0, 0.1) is 13.8 Å². The van der Waals surface area contributed by atoms with E-state index in [2.05, 4.69) is 9.44 Å². The maximum Gasteiger partial charge on any atom is 0.437 e. The number of benzene rings is 2. The molecule has 2 aromatic rings. The van der Waals surface area contributed by atoms with Gasteiger partial charge in [0.15, 0.2) is 5.71 Å². The third-order valence-corrected chi connectivity index (χ3v) is 4.25. The quantitative estimate of drug-likeness (QED) is 0.614. The Morgan fingerprint density at radius 2 is 1.38 bits per heavy atom. The van der Waals surface area contributed by atoms with Crippen molar-refractivity contribution in [2.75, 3.05) is 0 Å². The van der Waals surface area contributed by atoms with E-state index in [0.29, 0.717) is 0 Å². The Morgan fingerprint density at radius 3 is 1.83 bits per heavy atom. The Kier molecular flexibility index (Phi) is 4.98. The van der Waals surface area contributed by atoms with Crippen LogP contribution in [0.3, 0.4) is 0 Å². The first-order chi connectivity index (χ1) is 11.1. The minimum atomic E-state index is -4.86. The zero-order valence-corrected chi connectivity index (χ0v) is 13.6. The number of hydrogen-bond donors (Lipinski definition) is 0. The number of aryl methyl sites for hydroxylation is 2. The molecule has 0 unspecified atom stereocenters. The van der Waals surface area contributed by atoms with Gasteiger partial charge in [0.25, 0.3) is 0 Å². The van der Waals surface area contributed by atoms with Gasteiger partial charge in [-0.15, -0.1) is 0 Å². The van der Waals surface area contributed by atoms with Crippen molar-refractivity contribution in [2.24, 2.45) is 5.16 Å². The molecule has 0 aromatic heterocycles. The molecule has 0 amide bonds. The smallest absolute Gasteiger partial charge is 0.264 e.